The first-order chi connectivity index (χ1) is 9.19. The number of anilines is 1. The number of carbonyl (C=O) groups excluding carboxylic acids is 2. The molecule has 2 fully saturated rings. The van der Waals surface area contributed by atoms with Crippen LogP contribution in [0, 0.1) is 17.2 Å². The molecule has 1 saturated heterocycles. The van der Waals surface area contributed by atoms with Crippen LogP contribution in [-0.2, 0) is 4.79 Å². The van der Waals surface area contributed by atoms with Gasteiger partial charge in [0, 0.05) is 6.54 Å². The standard InChI is InChI=1S/C14H13N3O2/c15-7-10-3-5-12(6-4-10)17-13(18)9-16(14(17)19)8-11-1-2-11/h3-6,11H,1-2,8-9H2. The lowest BCUT2D eigenvalue weighted by molar-refractivity contribution is -0.116. The second-order valence-electron chi connectivity index (χ2n) is 4.99. The second-order valence-corrected chi connectivity index (χ2v) is 4.99. The number of hydrogen-bond acceptors (Lipinski definition) is 3. The van der Waals surface area contributed by atoms with Gasteiger partial charge in [0.2, 0.25) is 0 Å². The Labute approximate surface area is 111 Å². The summed E-state index contributed by atoms with van der Waals surface area (Å²) in [7, 11) is 0. The molecule has 0 bridgehead atoms. The highest BCUT2D eigenvalue weighted by molar-refractivity contribution is 6.19. The minimum absolute atomic E-state index is 0.162. The number of nitrogens with zero attached hydrogens (tertiary/aromatic N) is 3. The summed E-state index contributed by atoms with van der Waals surface area (Å²) in [4.78, 5) is 27.0. The van der Waals surface area contributed by atoms with Gasteiger partial charge >= 0.3 is 6.03 Å². The molecule has 96 valence electrons. The first-order valence-electron chi connectivity index (χ1n) is 6.31. The third-order valence-corrected chi connectivity index (χ3v) is 3.47. The fraction of sp³-hybridized carbons (Fsp3) is 0.357. The van der Waals surface area contributed by atoms with E-state index in [9.17, 15) is 9.59 Å². The number of urea groups is 1. The van der Waals surface area contributed by atoms with Crippen molar-refractivity contribution in [3.63, 3.8) is 0 Å². The Hall–Kier alpha value is -2.35. The number of hydrogen-bond donors (Lipinski definition) is 0. The van der Waals surface area contributed by atoms with E-state index in [1.807, 2.05) is 6.07 Å². The number of nitriles is 1. The zero-order valence-corrected chi connectivity index (χ0v) is 10.4. The van der Waals surface area contributed by atoms with Gasteiger partial charge in [-0.2, -0.15) is 5.26 Å². The summed E-state index contributed by atoms with van der Waals surface area (Å²) in [5, 5.41) is 8.74. The minimum atomic E-state index is -0.249. The van der Waals surface area contributed by atoms with Crippen LogP contribution >= 0.6 is 0 Å². The van der Waals surface area contributed by atoms with Gasteiger partial charge in [-0.25, -0.2) is 9.69 Å². The lowest BCUT2D eigenvalue weighted by Crippen LogP contribution is -2.33. The van der Waals surface area contributed by atoms with E-state index >= 15 is 0 Å². The predicted octanol–water partition coefficient (Wildman–Crippen LogP) is 1.74. The molecule has 1 aliphatic heterocycles. The van der Waals surface area contributed by atoms with Crippen molar-refractivity contribution in [2.24, 2.45) is 5.92 Å². The molecular formula is C14H13N3O2. The summed E-state index contributed by atoms with van der Waals surface area (Å²) in [6.45, 7) is 0.840. The molecule has 2 aliphatic rings. The Morgan fingerprint density at radius 2 is 1.89 bits per heavy atom. The van der Waals surface area contributed by atoms with E-state index < -0.39 is 0 Å². The topological polar surface area (TPSA) is 64.4 Å². The Morgan fingerprint density at radius 3 is 2.47 bits per heavy atom. The minimum Gasteiger partial charge on any atom is -0.314 e. The summed E-state index contributed by atoms with van der Waals surface area (Å²) >= 11 is 0. The molecule has 3 rings (SSSR count). The number of carbonyl (C=O) groups is 2. The highest BCUT2D eigenvalue weighted by atomic mass is 16.2. The first-order valence-corrected chi connectivity index (χ1v) is 6.31. The van der Waals surface area contributed by atoms with Crippen molar-refractivity contribution in [3.05, 3.63) is 29.8 Å². The van der Waals surface area contributed by atoms with Gasteiger partial charge in [-0.05, 0) is 43.0 Å². The van der Waals surface area contributed by atoms with Crippen LogP contribution < -0.4 is 4.90 Å². The fourth-order valence-corrected chi connectivity index (χ4v) is 2.24. The van der Waals surface area contributed by atoms with Gasteiger partial charge in [-0.1, -0.05) is 0 Å². The summed E-state index contributed by atoms with van der Waals surface area (Å²) in [6.07, 6.45) is 2.30. The molecule has 0 N–H and O–H groups in total. The Morgan fingerprint density at radius 1 is 1.21 bits per heavy atom. The molecular weight excluding hydrogens is 242 g/mol. The molecule has 1 aromatic rings. The normalized spacial score (nSPS) is 18.9. The Bertz CT molecular complexity index is 569. The van der Waals surface area contributed by atoms with Gasteiger partial charge in [-0.3, -0.25) is 4.79 Å². The van der Waals surface area contributed by atoms with Gasteiger partial charge in [0.1, 0.15) is 6.54 Å². The van der Waals surface area contributed by atoms with Crippen molar-refractivity contribution in [1.29, 1.82) is 5.26 Å². The second kappa shape index (κ2) is 4.39. The van der Waals surface area contributed by atoms with Gasteiger partial charge < -0.3 is 4.90 Å². The molecule has 0 aromatic heterocycles. The SMILES string of the molecule is N#Cc1ccc(N2C(=O)CN(CC3CC3)C2=O)cc1. The van der Waals surface area contributed by atoms with Crippen molar-refractivity contribution >= 4 is 17.6 Å². The summed E-state index contributed by atoms with van der Waals surface area (Å²) < 4.78 is 0. The van der Waals surface area contributed by atoms with E-state index in [1.54, 1.807) is 29.2 Å². The monoisotopic (exact) mass is 255 g/mol. The smallest absolute Gasteiger partial charge is 0.314 e. The Kier molecular flexibility index (Phi) is 2.71. The highest BCUT2D eigenvalue weighted by Crippen LogP contribution is 2.31. The lowest BCUT2D eigenvalue weighted by atomic mass is 10.2. The molecule has 0 atom stereocenters. The largest absolute Gasteiger partial charge is 0.331 e. The number of benzene rings is 1. The molecule has 3 amide bonds. The first kappa shape index (κ1) is 11.7. The van der Waals surface area contributed by atoms with Crippen LogP contribution in [-0.4, -0.2) is 29.9 Å². The van der Waals surface area contributed by atoms with E-state index in [0.29, 0.717) is 23.7 Å². The summed E-state index contributed by atoms with van der Waals surface area (Å²) in [5.74, 6) is 0.369. The number of rotatable bonds is 3. The van der Waals surface area contributed by atoms with Crippen LogP contribution in [0.1, 0.15) is 18.4 Å². The molecule has 1 saturated carbocycles. The van der Waals surface area contributed by atoms with Crippen molar-refractivity contribution < 1.29 is 9.59 Å². The quantitative estimate of drug-likeness (QED) is 0.773. The molecule has 1 aliphatic carbocycles. The lowest BCUT2D eigenvalue weighted by Gasteiger charge is -2.16. The zero-order valence-electron chi connectivity index (χ0n) is 10.4. The van der Waals surface area contributed by atoms with E-state index in [-0.39, 0.29) is 18.5 Å². The van der Waals surface area contributed by atoms with Gasteiger partial charge in [-0.15, -0.1) is 0 Å². The fourth-order valence-electron chi connectivity index (χ4n) is 2.24. The molecule has 0 unspecified atom stereocenters. The number of imide groups is 1. The third-order valence-electron chi connectivity index (χ3n) is 3.47. The van der Waals surface area contributed by atoms with Crippen LogP contribution in [0.2, 0.25) is 0 Å². The maximum atomic E-state index is 12.2. The average molecular weight is 255 g/mol. The van der Waals surface area contributed by atoms with Crippen LogP contribution in [0.3, 0.4) is 0 Å². The third kappa shape index (κ3) is 2.17. The van der Waals surface area contributed by atoms with Crippen LogP contribution in [0.4, 0.5) is 10.5 Å². The molecule has 0 spiro atoms. The van der Waals surface area contributed by atoms with Crippen LogP contribution in [0.15, 0.2) is 24.3 Å². The van der Waals surface area contributed by atoms with Crippen molar-refractivity contribution in [2.45, 2.75) is 12.8 Å². The van der Waals surface area contributed by atoms with E-state index in [0.717, 1.165) is 12.8 Å². The van der Waals surface area contributed by atoms with Crippen LogP contribution in [0.5, 0.6) is 0 Å². The van der Waals surface area contributed by atoms with Crippen molar-refractivity contribution in [1.82, 2.24) is 4.90 Å². The maximum absolute atomic E-state index is 12.2. The van der Waals surface area contributed by atoms with E-state index in [4.69, 9.17) is 5.26 Å². The highest BCUT2D eigenvalue weighted by Gasteiger charge is 2.39. The van der Waals surface area contributed by atoms with E-state index in [2.05, 4.69) is 0 Å². The van der Waals surface area contributed by atoms with Crippen molar-refractivity contribution in [3.8, 4) is 6.07 Å². The summed E-state index contributed by atoms with van der Waals surface area (Å²) in [6, 6.07) is 8.25. The zero-order chi connectivity index (χ0) is 13.4. The predicted molar refractivity (Wildman–Crippen MR) is 68.3 cm³/mol. The molecule has 1 heterocycles. The molecule has 0 radical (unpaired) electrons. The van der Waals surface area contributed by atoms with Gasteiger partial charge in [0.15, 0.2) is 0 Å². The average Bonchev–Trinajstić information content (AvgIpc) is 3.18. The van der Waals surface area contributed by atoms with E-state index in [1.165, 1.54) is 4.90 Å². The maximum Gasteiger partial charge on any atom is 0.331 e. The number of amides is 3. The van der Waals surface area contributed by atoms with Gasteiger partial charge in [0.25, 0.3) is 5.91 Å². The molecule has 5 heteroatoms. The molecule has 5 nitrogen and oxygen atoms in total. The van der Waals surface area contributed by atoms with Gasteiger partial charge in [0.05, 0.1) is 17.3 Å². The van der Waals surface area contributed by atoms with Crippen LogP contribution in [0.25, 0.3) is 0 Å². The molecule has 1 aromatic carbocycles. The summed E-state index contributed by atoms with van der Waals surface area (Å²) in [5.41, 5.74) is 1.05. The van der Waals surface area contributed by atoms with Crippen molar-refractivity contribution in [2.75, 3.05) is 18.0 Å². The molecule has 19 heavy (non-hydrogen) atoms. The Balaban J connectivity index is 1.80.